The molecule has 1 amide bonds. The Balaban J connectivity index is 1.28. The second kappa shape index (κ2) is 9.69. The first-order valence-electron chi connectivity index (χ1n) is 12.5. The third kappa shape index (κ3) is 4.26. The predicted molar refractivity (Wildman–Crippen MR) is 129 cm³/mol. The highest BCUT2D eigenvalue weighted by Gasteiger charge is 2.44. The van der Waals surface area contributed by atoms with E-state index in [1.165, 1.54) is 6.42 Å². The van der Waals surface area contributed by atoms with Crippen LogP contribution in [-0.2, 0) is 10.2 Å². The van der Waals surface area contributed by atoms with Gasteiger partial charge in [-0.05, 0) is 61.6 Å². The fraction of sp³-hybridized carbons (Fsp3) is 0.500. The highest BCUT2D eigenvalue weighted by atomic mass is 16.6. The summed E-state index contributed by atoms with van der Waals surface area (Å²) in [5, 5.41) is 0. The molecule has 3 aliphatic rings. The SMILES string of the molecule is COc1ccc(C2(C(=O)N3CCC(C(=O)c4ccc5c(c4)OCCO5)CC3)CCCCC2)cc1. The highest BCUT2D eigenvalue weighted by molar-refractivity contribution is 5.98. The number of amides is 1. The van der Waals surface area contributed by atoms with E-state index < -0.39 is 5.41 Å². The molecule has 0 atom stereocenters. The maximum Gasteiger partial charge on any atom is 0.233 e. The lowest BCUT2D eigenvalue weighted by Gasteiger charge is -2.42. The van der Waals surface area contributed by atoms with E-state index in [9.17, 15) is 9.59 Å². The molecule has 2 aromatic rings. The number of carbonyl (C=O) groups is 2. The number of piperidine rings is 1. The third-order valence-electron chi connectivity index (χ3n) is 7.74. The molecule has 2 aliphatic heterocycles. The first kappa shape index (κ1) is 22.8. The Morgan fingerprint density at radius 2 is 1.59 bits per heavy atom. The number of likely N-dealkylation sites (tertiary alicyclic amines) is 1. The van der Waals surface area contributed by atoms with Gasteiger partial charge < -0.3 is 19.1 Å². The molecule has 0 spiro atoms. The van der Waals surface area contributed by atoms with E-state index in [0.29, 0.717) is 56.2 Å². The smallest absolute Gasteiger partial charge is 0.233 e. The van der Waals surface area contributed by atoms with Gasteiger partial charge in [0.15, 0.2) is 17.3 Å². The van der Waals surface area contributed by atoms with Crippen molar-refractivity contribution in [1.82, 2.24) is 4.90 Å². The van der Waals surface area contributed by atoms with Gasteiger partial charge in [0, 0.05) is 24.6 Å². The summed E-state index contributed by atoms with van der Waals surface area (Å²) in [6.07, 6.45) is 6.46. The number of hydrogen-bond donors (Lipinski definition) is 0. The number of rotatable bonds is 5. The summed E-state index contributed by atoms with van der Waals surface area (Å²) in [4.78, 5) is 29.1. The summed E-state index contributed by atoms with van der Waals surface area (Å²) >= 11 is 0. The number of benzene rings is 2. The lowest BCUT2D eigenvalue weighted by atomic mass is 9.68. The quantitative estimate of drug-likeness (QED) is 0.597. The van der Waals surface area contributed by atoms with Crippen molar-refractivity contribution in [3.8, 4) is 17.2 Å². The first-order chi connectivity index (χ1) is 16.6. The molecule has 34 heavy (non-hydrogen) atoms. The van der Waals surface area contributed by atoms with Gasteiger partial charge >= 0.3 is 0 Å². The molecular formula is C28H33NO5. The van der Waals surface area contributed by atoms with Crippen LogP contribution >= 0.6 is 0 Å². The van der Waals surface area contributed by atoms with E-state index in [2.05, 4.69) is 12.1 Å². The highest BCUT2D eigenvalue weighted by Crippen LogP contribution is 2.42. The van der Waals surface area contributed by atoms with Crippen molar-refractivity contribution in [2.45, 2.75) is 50.4 Å². The number of nitrogens with zero attached hydrogens (tertiary/aromatic N) is 1. The molecule has 0 unspecified atom stereocenters. The second-order valence-corrected chi connectivity index (χ2v) is 9.66. The zero-order valence-electron chi connectivity index (χ0n) is 19.9. The average molecular weight is 464 g/mol. The van der Waals surface area contributed by atoms with Crippen LogP contribution in [0.2, 0.25) is 0 Å². The van der Waals surface area contributed by atoms with Crippen LogP contribution in [0, 0.1) is 5.92 Å². The van der Waals surface area contributed by atoms with Crippen molar-refractivity contribution in [3.05, 3.63) is 53.6 Å². The maximum absolute atomic E-state index is 13.9. The Morgan fingerprint density at radius 1 is 0.912 bits per heavy atom. The molecule has 0 radical (unpaired) electrons. The third-order valence-corrected chi connectivity index (χ3v) is 7.74. The van der Waals surface area contributed by atoms with Gasteiger partial charge in [-0.2, -0.15) is 0 Å². The van der Waals surface area contributed by atoms with Gasteiger partial charge in [0.25, 0.3) is 0 Å². The van der Waals surface area contributed by atoms with Crippen molar-refractivity contribution in [2.24, 2.45) is 5.92 Å². The van der Waals surface area contributed by atoms with Gasteiger partial charge in [0.05, 0.1) is 12.5 Å². The maximum atomic E-state index is 13.9. The van der Waals surface area contributed by atoms with Crippen molar-refractivity contribution >= 4 is 11.7 Å². The number of fused-ring (bicyclic) bond motifs is 1. The molecule has 0 aromatic heterocycles. The zero-order chi connectivity index (χ0) is 23.5. The molecule has 1 saturated heterocycles. The van der Waals surface area contributed by atoms with E-state index in [-0.39, 0.29) is 17.6 Å². The lowest BCUT2D eigenvalue weighted by molar-refractivity contribution is -0.140. The molecule has 5 rings (SSSR count). The van der Waals surface area contributed by atoms with Gasteiger partial charge in [-0.15, -0.1) is 0 Å². The average Bonchev–Trinajstić information content (AvgIpc) is 2.92. The number of methoxy groups -OCH3 is 1. The minimum Gasteiger partial charge on any atom is -0.497 e. The Labute approximate surface area is 201 Å². The fourth-order valence-electron chi connectivity index (χ4n) is 5.77. The zero-order valence-corrected chi connectivity index (χ0v) is 19.9. The van der Waals surface area contributed by atoms with Crippen molar-refractivity contribution < 1.29 is 23.8 Å². The minimum absolute atomic E-state index is 0.0742. The van der Waals surface area contributed by atoms with E-state index in [1.54, 1.807) is 13.2 Å². The van der Waals surface area contributed by atoms with Crippen LogP contribution in [0.3, 0.4) is 0 Å². The number of Topliss-reactive ketones (excluding diaryl/α,β-unsaturated/α-hetero) is 1. The molecule has 1 saturated carbocycles. The Kier molecular flexibility index (Phi) is 6.48. The van der Waals surface area contributed by atoms with Crippen molar-refractivity contribution in [1.29, 1.82) is 0 Å². The van der Waals surface area contributed by atoms with Crippen LogP contribution in [0.1, 0.15) is 60.9 Å². The normalized spacial score (nSPS) is 20.0. The first-order valence-corrected chi connectivity index (χ1v) is 12.5. The van der Waals surface area contributed by atoms with Gasteiger partial charge in [-0.3, -0.25) is 9.59 Å². The van der Waals surface area contributed by atoms with Gasteiger partial charge in [0.1, 0.15) is 19.0 Å². The van der Waals surface area contributed by atoms with Gasteiger partial charge in [-0.1, -0.05) is 31.4 Å². The van der Waals surface area contributed by atoms with Crippen LogP contribution in [-0.4, -0.2) is 50.0 Å². The largest absolute Gasteiger partial charge is 0.497 e. The van der Waals surface area contributed by atoms with E-state index >= 15 is 0 Å². The lowest BCUT2D eigenvalue weighted by Crippen LogP contribution is -2.51. The Bertz CT molecular complexity index is 1030. The van der Waals surface area contributed by atoms with Gasteiger partial charge in [-0.25, -0.2) is 0 Å². The number of ether oxygens (including phenoxy) is 3. The monoisotopic (exact) mass is 463 g/mol. The summed E-state index contributed by atoms with van der Waals surface area (Å²) < 4.78 is 16.5. The van der Waals surface area contributed by atoms with Crippen LogP contribution in [0.25, 0.3) is 0 Å². The molecular weight excluding hydrogens is 430 g/mol. The molecule has 2 aromatic carbocycles. The number of ketones is 1. The van der Waals surface area contributed by atoms with Gasteiger partial charge in [0.2, 0.25) is 5.91 Å². The van der Waals surface area contributed by atoms with Crippen LogP contribution < -0.4 is 14.2 Å². The number of hydrogen-bond acceptors (Lipinski definition) is 5. The minimum atomic E-state index is -0.461. The summed E-state index contributed by atoms with van der Waals surface area (Å²) in [6.45, 7) is 2.28. The molecule has 0 bridgehead atoms. The summed E-state index contributed by atoms with van der Waals surface area (Å²) in [5.74, 6) is 2.42. The molecule has 180 valence electrons. The molecule has 6 heteroatoms. The van der Waals surface area contributed by atoms with Crippen molar-refractivity contribution in [2.75, 3.05) is 33.4 Å². The summed E-state index contributed by atoms with van der Waals surface area (Å²) in [6, 6.07) is 13.5. The molecule has 0 N–H and O–H groups in total. The van der Waals surface area contributed by atoms with E-state index in [4.69, 9.17) is 14.2 Å². The number of carbonyl (C=O) groups excluding carboxylic acids is 2. The molecule has 1 aliphatic carbocycles. The Hall–Kier alpha value is -3.02. The molecule has 2 heterocycles. The predicted octanol–water partition coefficient (Wildman–Crippen LogP) is 4.79. The molecule has 2 fully saturated rings. The molecule has 6 nitrogen and oxygen atoms in total. The Morgan fingerprint density at radius 3 is 2.26 bits per heavy atom. The summed E-state index contributed by atoms with van der Waals surface area (Å²) in [7, 11) is 1.66. The van der Waals surface area contributed by atoms with E-state index in [1.807, 2.05) is 29.2 Å². The topological polar surface area (TPSA) is 65.1 Å². The summed E-state index contributed by atoms with van der Waals surface area (Å²) in [5.41, 5.74) is 1.29. The standard InChI is InChI=1S/C28H33NO5/c1-32-23-8-6-22(7-9-23)28(13-3-2-4-14-28)27(31)29-15-11-20(12-16-29)26(30)21-5-10-24-25(19-21)34-18-17-33-24/h5-10,19-20H,2-4,11-18H2,1H3. The van der Waals surface area contributed by atoms with Crippen LogP contribution in [0.15, 0.2) is 42.5 Å². The van der Waals surface area contributed by atoms with E-state index in [0.717, 1.165) is 37.0 Å². The van der Waals surface area contributed by atoms with Crippen LogP contribution in [0.4, 0.5) is 0 Å². The van der Waals surface area contributed by atoms with Crippen molar-refractivity contribution in [3.63, 3.8) is 0 Å². The van der Waals surface area contributed by atoms with Crippen LogP contribution in [0.5, 0.6) is 17.2 Å². The second-order valence-electron chi connectivity index (χ2n) is 9.66. The fourth-order valence-corrected chi connectivity index (χ4v) is 5.77.